The molecule has 0 aromatic heterocycles. The topological polar surface area (TPSA) is 107 Å². The fourth-order valence-corrected chi connectivity index (χ4v) is 1.91. The summed E-state index contributed by atoms with van der Waals surface area (Å²) in [6.45, 7) is 3.20. The van der Waals surface area contributed by atoms with Crippen LogP contribution in [0.1, 0.15) is 20.3 Å². The Hall–Kier alpha value is -2.41. The molecule has 0 saturated heterocycles. The van der Waals surface area contributed by atoms with Gasteiger partial charge in [0.25, 0.3) is 0 Å². The van der Waals surface area contributed by atoms with Gasteiger partial charge in [0.1, 0.15) is 11.5 Å². The lowest BCUT2D eigenvalue weighted by atomic mass is 10.0. The van der Waals surface area contributed by atoms with Crippen LogP contribution in [0.2, 0.25) is 0 Å². The van der Waals surface area contributed by atoms with E-state index in [1.54, 1.807) is 43.3 Å². The lowest BCUT2D eigenvalue weighted by molar-refractivity contribution is -0.309. The van der Waals surface area contributed by atoms with Gasteiger partial charge >= 0.3 is 5.97 Å². The number of phenols is 2. The van der Waals surface area contributed by atoms with Crippen molar-refractivity contribution in [3.63, 3.8) is 0 Å². The molecule has 130 valence electrons. The molecule has 2 rings (SSSR count). The highest BCUT2D eigenvalue weighted by molar-refractivity contribution is 5.83. The van der Waals surface area contributed by atoms with E-state index in [4.69, 9.17) is 10.2 Å². The van der Waals surface area contributed by atoms with Crippen LogP contribution < -0.4 is 0 Å². The molecule has 2 aromatic carbocycles. The third kappa shape index (κ3) is 5.34. The second-order valence-corrected chi connectivity index (χ2v) is 4.85. The number of aliphatic hydroxyl groups is 2. The summed E-state index contributed by atoms with van der Waals surface area (Å²) in [4.78, 5) is 10.6. The average molecular weight is 334 g/mol. The van der Waals surface area contributed by atoms with Gasteiger partial charge in [0.2, 0.25) is 5.78 Å². The first kappa shape index (κ1) is 19.6. The zero-order chi connectivity index (χ0) is 18.2. The van der Waals surface area contributed by atoms with Crippen molar-refractivity contribution in [2.75, 3.05) is 6.61 Å². The normalized spacial score (nSPS) is 10.7. The summed E-state index contributed by atoms with van der Waals surface area (Å²) in [5, 5.41) is 36.7. The maximum atomic E-state index is 10.6. The van der Waals surface area contributed by atoms with Crippen molar-refractivity contribution >= 4 is 5.78 Å². The van der Waals surface area contributed by atoms with Gasteiger partial charge in [-0.1, -0.05) is 43.3 Å². The number of aromatic hydroxyl groups is 2. The monoisotopic (exact) mass is 334 g/mol. The maximum Gasteiger partial charge on any atom is 0.341 e. The standard InChI is InChI=1S/C12H10O2.C6H12O4/c13-11-7-3-1-5-9(11)10-6-2-4-8-12(10)14;1-3-5(7)6(8,9)10-4-2/h1-8,13-14H;8-9H,3-4H2,1-2H3. The molecule has 0 heterocycles. The average Bonchev–Trinajstić information content (AvgIpc) is 2.56. The van der Waals surface area contributed by atoms with Crippen molar-refractivity contribution in [3.8, 4) is 22.6 Å². The third-order valence-electron chi connectivity index (χ3n) is 3.13. The summed E-state index contributed by atoms with van der Waals surface area (Å²) in [7, 11) is 0. The number of carbonyl (C=O) groups excluding carboxylic acids is 1. The van der Waals surface area contributed by atoms with Gasteiger partial charge in [-0.2, -0.15) is 0 Å². The second-order valence-electron chi connectivity index (χ2n) is 4.85. The molecule has 6 nitrogen and oxygen atoms in total. The highest BCUT2D eigenvalue weighted by Crippen LogP contribution is 2.34. The van der Waals surface area contributed by atoms with Crippen LogP contribution in [0.3, 0.4) is 0 Å². The van der Waals surface area contributed by atoms with Crippen LogP contribution in [0.5, 0.6) is 11.5 Å². The van der Waals surface area contributed by atoms with Crippen molar-refractivity contribution < 1.29 is 30.0 Å². The largest absolute Gasteiger partial charge is 0.507 e. The molecule has 0 saturated carbocycles. The summed E-state index contributed by atoms with van der Waals surface area (Å²) >= 11 is 0. The first-order valence-electron chi connectivity index (χ1n) is 7.51. The number of rotatable bonds is 5. The van der Waals surface area contributed by atoms with E-state index in [9.17, 15) is 15.0 Å². The van der Waals surface area contributed by atoms with Crippen molar-refractivity contribution in [1.29, 1.82) is 0 Å². The van der Waals surface area contributed by atoms with Crippen LogP contribution in [-0.4, -0.2) is 38.8 Å². The SMILES string of the molecule is CCOC(O)(O)C(=O)CC.Oc1ccccc1-c1ccccc1O. The van der Waals surface area contributed by atoms with Gasteiger partial charge in [0.15, 0.2) is 0 Å². The van der Waals surface area contributed by atoms with Crippen molar-refractivity contribution in [2.24, 2.45) is 0 Å². The quantitative estimate of drug-likeness (QED) is 0.626. The molecule has 0 fully saturated rings. The van der Waals surface area contributed by atoms with Crippen molar-refractivity contribution in [1.82, 2.24) is 0 Å². The molecular formula is C18H22O6. The van der Waals surface area contributed by atoms with Crippen LogP contribution in [0, 0.1) is 0 Å². The summed E-state index contributed by atoms with van der Waals surface area (Å²) in [6.07, 6.45) is 0.0486. The van der Waals surface area contributed by atoms with Gasteiger partial charge in [0, 0.05) is 17.5 Å². The summed E-state index contributed by atoms with van der Waals surface area (Å²) in [5.41, 5.74) is 1.29. The molecule has 0 atom stereocenters. The first-order valence-corrected chi connectivity index (χ1v) is 7.51. The van der Waals surface area contributed by atoms with Crippen LogP contribution in [-0.2, 0) is 9.53 Å². The van der Waals surface area contributed by atoms with Gasteiger partial charge in [-0.3, -0.25) is 4.79 Å². The predicted molar refractivity (Wildman–Crippen MR) is 89.3 cm³/mol. The van der Waals surface area contributed by atoms with Gasteiger partial charge in [0.05, 0.1) is 6.61 Å². The minimum Gasteiger partial charge on any atom is -0.507 e. The van der Waals surface area contributed by atoms with Crippen molar-refractivity contribution in [2.45, 2.75) is 26.2 Å². The van der Waals surface area contributed by atoms with Crippen molar-refractivity contribution in [3.05, 3.63) is 48.5 Å². The molecule has 0 aliphatic heterocycles. The molecule has 24 heavy (non-hydrogen) atoms. The molecule has 0 unspecified atom stereocenters. The van der Waals surface area contributed by atoms with Crippen LogP contribution in [0.15, 0.2) is 48.5 Å². The number of hydrogen-bond acceptors (Lipinski definition) is 6. The summed E-state index contributed by atoms with van der Waals surface area (Å²) < 4.78 is 4.34. The highest BCUT2D eigenvalue weighted by atomic mass is 16.8. The maximum absolute atomic E-state index is 10.6. The molecular weight excluding hydrogens is 312 g/mol. The number of hydrogen-bond donors (Lipinski definition) is 4. The number of phenolic OH excluding ortho intramolecular Hbond substituents is 2. The second kappa shape index (κ2) is 9.02. The highest BCUT2D eigenvalue weighted by Gasteiger charge is 2.31. The van der Waals surface area contributed by atoms with Gasteiger partial charge < -0.3 is 25.2 Å². The summed E-state index contributed by atoms with van der Waals surface area (Å²) in [6, 6.07) is 13.9. The van der Waals surface area contributed by atoms with E-state index < -0.39 is 11.8 Å². The lowest BCUT2D eigenvalue weighted by Crippen LogP contribution is -2.40. The number of benzene rings is 2. The van der Waals surface area contributed by atoms with Crippen LogP contribution in [0.25, 0.3) is 11.1 Å². The summed E-state index contributed by atoms with van der Waals surface area (Å²) in [5.74, 6) is -2.96. The number of ether oxygens (including phenoxy) is 1. The molecule has 6 heteroatoms. The molecule has 2 aromatic rings. The fourth-order valence-electron chi connectivity index (χ4n) is 1.91. The number of Topliss-reactive ketones (excluding diaryl/α,β-unsaturated/α-hetero) is 1. The molecule has 0 radical (unpaired) electrons. The molecule has 0 amide bonds. The molecule has 0 aliphatic carbocycles. The third-order valence-corrected chi connectivity index (χ3v) is 3.13. The zero-order valence-corrected chi connectivity index (χ0v) is 13.6. The fraction of sp³-hybridized carbons (Fsp3) is 0.278. The first-order chi connectivity index (χ1) is 11.3. The molecule has 0 bridgehead atoms. The van der Waals surface area contributed by atoms with E-state index in [1.165, 1.54) is 6.92 Å². The number of ketones is 1. The van der Waals surface area contributed by atoms with Gasteiger partial charge in [-0.05, 0) is 19.1 Å². The Morgan fingerprint density at radius 2 is 1.33 bits per heavy atom. The molecule has 0 aliphatic rings. The van der Waals surface area contributed by atoms with E-state index >= 15 is 0 Å². The smallest absolute Gasteiger partial charge is 0.341 e. The number of carbonyl (C=O) groups is 1. The Labute approximate surface area is 140 Å². The Morgan fingerprint density at radius 3 is 1.67 bits per heavy atom. The Morgan fingerprint density at radius 1 is 0.917 bits per heavy atom. The Balaban J connectivity index is 0.000000257. The zero-order valence-electron chi connectivity index (χ0n) is 13.6. The van der Waals surface area contributed by atoms with Gasteiger partial charge in [-0.15, -0.1) is 0 Å². The Kier molecular flexibility index (Phi) is 7.38. The lowest BCUT2D eigenvalue weighted by Gasteiger charge is -2.17. The van der Waals surface area contributed by atoms with E-state index in [0.29, 0.717) is 11.1 Å². The minimum atomic E-state index is -2.58. The van der Waals surface area contributed by atoms with E-state index in [0.717, 1.165) is 0 Å². The predicted octanol–water partition coefficient (Wildman–Crippen LogP) is 2.41. The minimum absolute atomic E-state index is 0.0486. The van der Waals surface area contributed by atoms with Gasteiger partial charge in [-0.25, -0.2) is 0 Å². The van der Waals surface area contributed by atoms with E-state index in [2.05, 4.69) is 4.74 Å². The van der Waals surface area contributed by atoms with E-state index in [1.807, 2.05) is 12.1 Å². The molecule has 0 spiro atoms. The van der Waals surface area contributed by atoms with Crippen LogP contribution >= 0.6 is 0 Å². The number of para-hydroxylation sites is 2. The van der Waals surface area contributed by atoms with E-state index in [-0.39, 0.29) is 24.5 Å². The Bertz CT molecular complexity index is 623. The molecule has 4 N–H and O–H groups in total. The van der Waals surface area contributed by atoms with Crippen LogP contribution in [0.4, 0.5) is 0 Å².